The van der Waals surface area contributed by atoms with Gasteiger partial charge in [0.25, 0.3) is 17.1 Å². The maximum absolute atomic E-state index is 12.9. The third-order valence-corrected chi connectivity index (χ3v) is 11.0. The number of nitro groups is 3. The van der Waals surface area contributed by atoms with Crippen LogP contribution in [0.5, 0.6) is 0 Å². The summed E-state index contributed by atoms with van der Waals surface area (Å²) in [7, 11) is -12.4. The van der Waals surface area contributed by atoms with Crippen molar-refractivity contribution in [2.75, 3.05) is 32.7 Å². The van der Waals surface area contributed by atoms with Gasteiger partial charge in [0.2, 0.25) is 30.1 Å². The Labute approximate surface area is 269 Å². The van der Waals surface area contributed by atoms with Crippen LogP contribution in [0.15, 0.2) is 87.5 Å². The zero-order chi connectivity index (χ0) is 35.0. The van der Waals surface area contributed by atoms with Gasteiger partial charge in [-0.3, -0.25) is 35.2 Å². The molecule has 22 heteroatoms. The van der Waals surface area contributed by atoms with Crippen molar-refractivity contribution in [2.45, 2.75) is 27.7 Å². The highest BCUT2D eigenvalue weighted by Crippen LogP contribution is 2.18. The summed E-state index contributed by atoms with van der Waals surface area (Å²) >= 11 is 0. The van der Waals surface area contributed by atoms with Crippen LogP contribution in [0.2, 0.25) is 0 Å². The van der Waals surface area contributed by atoms with Crippen LogP contribution in [0, 0.1) is 30.3 Å². The lowest BCUT2D eigenvalue weighted by molar-refractivity contribution is -0.385. The molecule has 0 spiro atoms. The lowest BCUT2D eigenvalue weighted by atomic mass is 10.3. The van der Waals surface area contributed by atoms with Crippen LogP contribution in [0.4, 0.5) is 17.1 Å². The predicted molar refractivity (Wildman–Crippen MR) is 166 cm³/mol. The first-order valence-corrected chi connectivity index (χ1v) is 17.8. The molecule has 3 aromatic rings. The zero-order valence-electron chi connectivity index (χ0n) is 24.5. The van der Waals surface area contributed by atoms with Crippen molar-refractivity contribution in [1.29, 1.82) is 0 Å². The highest BCUT2D eigenvalue weighted by atomic mass is 32.2. The molecule has 0 bridgehead atoms. The van der Waals surface area contributed by atoms with E-state index >= 15 is 0 Å². The Hall–Kier alpha value is -4.45. The summed E-state index contributed by atoms with van der Waals surface area (Å²) in [6.45, 7) is 0.902. The van der Waals surface area contributed by atoms with Crippen LogP contribution in [0.1, 0.15) is 6.92 Å². The van der Waals surface area contributed by atoms with Crippen molar-refractivity contribution in [2.24, 2.45) is 0 Å². The average Bonchev–Trinajstić information content (AvgIpc) is 3.00. The van der Waals surface area contributed by atoms with E-state index in [1.165, 1.54) is 6.92 Å². The zero-order valence-corrected chi connectivity index (χ0v) is 26.9. The number of sulfonamides is 3. The normalized spacial score (nSPS) is 12.9. The summed E-state index contributed by atoms with van der Waals surface area (Å²) in [5.41, 5.74) is -0.927. The van der Waals surface area contributed by atoms with E-state index in [0.29, 0.717) is 0 Å². The molecule has 1 unspecified atom stereocenters. The topological polar surface area (TPSA) is 271 Å². The summed E-state index contributed by atoms with van der Waals surface area (Å²) in [5.74, 6) is 0. The standard InChI is InChI=1S/C25H29N7O12S3/c1-19(28-47(43,44)25-12-6-22(7-13-25)32(37)38)18-29(16-14-26-45(39,40)23-8-2-20(3-9-23)30(33)34)17-15-27-46(41,42)24-10-4-21(5-11-24)31(35)36/h2-13,19,26-28H,14-18H2,1H3. The van der Waals surface area contributed by atoms with Crippen molar-refractivity contribution in [1.82, 2.24) is 19.1 Å². The molecule has 0 saturated carbocycles. The van der Waals surface area contributed by atoms with E-state index in [9.17, 15) is 55.6 Å². The Morgan fingerprint density at radius 1 is 0.574 bits per heavy atom. The Kier molecular flexibility index (Phi) is 12.1. The molecule has 0 aliphatic rings. The number of rotatable bonds is 18. The van der Waals surface area contributed by atoms with Gasteiger partial charge < -0.3 is 0 Å². The summed E-state index contributed by atoms with van der Waals surface area (Å²) in [6, 6.07) is 11.7. The first-order valence-electron chi connectivity index (χ1n) is 13.4. The number of hydrogen-bond donors (Lipinski definition) is 3. The van der Waals surface area contributed by atoms with E-state index in [2.05, 4.69) is 14.2 Å². The van der Waals surface area contributed by atoms with Gasteiger partial charge in [-0.05, 0) is 43.3 Å². The molecule has 254 valence electrons. The van der Waals surface area contributed by atoms with Gasteiger partial charge >= 0.3 is 0 Å². The molecular weight excluding hydrogens is 687 g/mol. The van der Waals surface area contributed by atoms with Crippen molar-refractivity contribution in [3.63, 3.8) is 0 Å². The van der Waals surface area contributed by atoms with Gasteiger partial charge in [0.15, 0.2) is 0 Å². The molecule has 3 rings (SSSR count). The van der Waals surface area contributed by atoms with E-state index in [-0.39, 0.29) is 64.5 Å². The number of nitrogens with zero attached hydrogens (tertiary/aromatic N) is 4. The van der Waals surface area contributed by atoms with Crippen LogP contribution in [0.25, 0.3) is 0 Å². The molecule has 0 saturated heterocycles. The number of hydrogen-bond acceptors (Lipinski definition) is 13. The number of nitro benzene ring substituents is 3. The minimum Gasteiger partial charge on any atom is -0.299 e. The molecule has 1 atom stereocenters. The maximum Gasteiger partial charge on any atom is 0.269 e. The third-order valence-electron chi connectivity index (χ3n) is 6.40. The van der Waals surface area contributed by atoms with Gasteiger partial charge in [-0.15, -0.1) is 0 Å². The fourth-order valence-electron chi connectivity index (χ4n) is 4.14. The largest absolute Gasteiger partial charge is 0.299 e. The quantitative estimate of drug-likeness (QED) is 0.124. The molecule has 0 aliphatic heterocycles. The van der Waals surface area contributed by atoms with E-state index < -0.39 is 50.9 Å². The number of nitrogens with one attached hydrogen (secondary N) is 3. The van der Waals surface area contributed by atoms with Crippen molar-refractivity contribution >= 4 is 47.1 Å². The fourth-order valence-corrected chi connectivity index (χ4v) is 7.41. The first-order chi connectivity index (χ1) is 21.9. The lowest BCUT2D eigenvalue weighted by Gasteiger charge is -2.26. The Balaban J connectivity index is 1.70. The van der Waals surface area contributed by atoms with E-state index in [1.54, 1.807) is 4.90 Å². The van der Waals surface area contributed by atoms with Gasteiger partial charge in [0, 0.05) is 75.2 Å². The number of benzene rings is 3. The van der Waals surface area contributed by atoms with Gasteiger partial charge in [-0.2, -0.15) is 0 Å². The van der Waals surface area contributed by atoms with Gasteiger partial charge in [-0.1, -0.05) is 0 Å². The maximum atomic E-state index is 12.9. The molecule has 47 heavy (non-hydrogen) atoms. The molecular formula is C25H29N7O12S3. The van der Waals surface area contributed by atoms with Gasteiger partial charge in [0.05, 0.1) is 29.5 Å². The molecule has 19 nitrogen and oxygen atoms in total. The minimum atomic E-state index is -4.14. The summed E-state index contributed by atoms with van der Waals surface area (Å²) in [5, 5.41) is 32.6. The van der Waals surface area contributed by atoms with Crippen LogP contribution in [0.3, 0.4) is 0 Å². The Bertz CT molecular complexity index is 1830. The highest BCUT2D eigenvalue weighted by Gasteiger charge is 2.22. The second-order valence-electron chi connectivity index (χ2n) is 9.87. The Morgan fingerprint density at radius 2 is 0.872 bits per heavy atom. The Morgan fingerprint density at radius 3 is 1.17 bits per heavy atom. The van der Waals surface area contributed by atoms with E-state index in [1.807, 2.05) is 0 Å². The van der Waals surface area contributed by atoms with Gasteiger partial charge in [-0.25, -0.2) is 39.4 Å². The average molecular weight is 716 g/mol. The molecule has 0 fully saturated rings. The fraction of sp³-hybridized carbons (Fsp3) is 0.280. The molecule has 3 N–H and O–H groups in total. The summed E-state index contributed by atoms with van der Waals surface area (Å²) in [4.78, 5) is 31.4. The second kappa shape index (κ2) is 15.4. The smallest absolute Gasteiger partial charge is 0.269 e. The van der Waals surface area contributed by atoms with Crippen molar-refractivity contribution in [3.05, 3.63) is 103 Å². The lowest BCUT2D eigenvalue weighted by Crippen LogP contribution is -2.46. The SMILES string of the molecule is CC(CN(CCNS(=O)(=O)c1ccc([N+](=O)[O-])cc1)CCNS(=O)(=O)c1ccc([N+](=O)[O-])cc1)NS(=O)(=O)c1ccc([N+](=O)[O-])cc1. The van der Waals surface area contributed by atoms with E-state index in [0.717, 1.165) is 72.8 Å². The summed E-state index contributed by atoms with van der Waals surface area (Å²) < 4.78 is 83.8. The van der Waals surface area contributed by atoms with Crippen molar-refractivity contribution in [3.8, 4) is 0 Å². The predicted octanol–water partition coefficient (Wildman–Crippen LogP) is 1.34. The second-order valence-corrected chi connectivity index (χ2v) is 15.1. The van der Waals surface area contributed by atoms with Crippen LogP contribution in [-0.4, -0.2) is 83.7 Å². The van der Waals surface area contributed by atoms with Crippen molar-refractivity contribution < 1.29 is 40.0 Å². The first kappa shape index (κ1) is 37.0. The number of non-ortho nitro benzene ring substituents is 3. The van der Waals surface area contributed by atoms with Crippen LogP contribution >= 0.6 is 0 Å². The van der Waals surface area contributed by atoms with Gasteiger partial charge in [0.1, 0.15) is 0 Å². The third kappa shape index (κ3) is 10.5. The molecule has 0 aromatic heterocycles. The highest BCUT2D eigenvalue weighted by molar-refractivity contribution is 7.90. The minimum absolute atomic E-state index is 0.0466. The van der Waals surface area contributed by atoms with Crippen LogP contribution in [-0.2, 0) is 30.1 Å². The summed E-state index contributed by atoms with van der Waals surface area (Å²) in [6.07, 6.45) is 0. The monoisotopic (exact) mass is 715 g/mol. The van der Waals surface area contributed by atoms with Crippen LogP contribution < -0.4 is 14.2 Å². The van der Waals surface area contributed by atoms with E-state index in [4.69, 9.17) is 0 Å². The molecule has 0 heterocycles. The molecule has 0 aliphatic carbocycles. The molecule has 3 aromatic carbocycles. The molecule has 0 radical (unpaired) electrons. The molecule has 0 amide bonds.